The highest BCUT2D eigenvalue weighted by Crippen LogP contribution is 2.22. The first-order chi connectivity index (χ1) is 8.06. The molecule has 0 aliphatic heterocycles. The zero-order valence-corrected chi connectivity index (χ0v) is 13.9. The standard InChI is InChI=1S/C12H21N3OS.2ClH/c1-9(7-13)12(16)14-8-10(15(2)3)11-5-4-6-17-11;;/h4-6,9-10H,7-8,13H2,1-3H3,(H,14,16);2*1H. The number of amides is 1. The third-order valence-corrected chi connectivity index (χ3v) is 3.74. The summed E-state index contributed by atoms with van der Waals surface area (Å²) in [6.07, 6.45) is 0. The van der Waals surface area contributed by atoms with Crippen LogP contribution in [0.5, 0.6) is 0 Å². The lowest BCUT2D eigenvalue weighted by Crippen LogP contribution is -2.38. The molecule has 0 spiro atoms. The molecule has 0 radical (unpaired) electrons. The molecule has 0 aliphatic rings. The Kier molecular flexibility index (Phi) is 11.5. The highest BCUT2D eigenvalue weighted by Gasteiger charge is 2.17. The van der Waals surface area contributed by atoms with Gasteiger partial charge in [0.2, 0.25) is 5.91 Å². The molecule has 0 bridgehead atoms. The molecule has 4 nitrogen and oxygen atoms in total. The molecule has 1 aromatic rings. The monoisotopic (exact) mass is 327 g/mol. The largest absolute Gasteiger partial charge is 0.354 e. The average molecular weight is 328 g/mol. The van der Waals surface area contributed by atoms with E-state index in [0.717, 1.165) is 0 Å². The Morgan fingerprint density at radius 2 is 2.11 bits per heavy atom. The van der Waals surface area contributed by atoms with E-state index in [9.17, 15) is 4.79 Å². The van der Waals surface area contributed by atoms with Gasteiger partial charge in [0.15, 0.2) is 0 Å². The van der Waals surface area contributed by atoms with E-state index in [2.05, 4.69) is 21.7 Å². The number of hydrogen-bond acceptors (Lipinski definition) is 4. The number of nitrogens with one attached hydrogen (secondary N) is 1. The predicted octanol–water partition coefficient (Wildman–Crippen LogP) is 1.91. The van der Waals surface area contributed by atoms with Crippen LogP contribution in [0.15, 0.2) is 17.5 Å². The zero-order valence-electron chi connectivity index (χ0n) is 11.5. The van der Waals surface area contributed by atoms with Gasteiger partial charge in [-0.05, 0) is 25.5 Å². The van der Waals surface area contributed by atoms with E-state index < -0.39 is 0 Å². The molecule has 19 heavy (non-hydrogen) atoms. The number of thiophene rings is 1. The van der Waals surface area contributed by atoms with Crippen LogP contribution < -0.4 is 11.1 Å². The van der Waals surface area contributed by atoms with Crippen LogP contribution in [-0.2, 0) is 4.79 Å². The summed E-state index contributed by atoms with van der Waals surface area (Å²) in [5, 5.41) is 5.00. The summed E-state index contributed by atoms with van der Waals surface area (Å²) >= 11 is 1.71. The van der Waals surface area contributed by atoms with Gasteiger partial charge < -0.3 is 16.0 Å². The van der Waals surface area contributed by atoms with E-state index in [0.29, 0.717) is 13.1 Å². The molecule has 2 unspecified atom stereocenters. The van der Waals surface area contributed by atoms with Gasteiger partial charge in [-0.15, -0.1) is 36.2 Å². The van der Waals surface area contributed by atoms with E-state index in [1.807, 2.05) is 27.1 Å². The van der Waals surface area contributed by atoms with Crippen molar-refractivity contribution in [3.05, 3.63) is 22.4 Å². The fraction of sp³-hybridized carbons (Fsp3) is 0.583. The first-order valence-electron chi connectivity index (χ1n) is 5.73. The molecule has 0 saturated carbocycles. The van der Waals surface area contributed by atoms with E-state index >= 15 is 0 Å². The van der Waals surface area contributed by atoms with Crippen LogP contribution in [0.4, 0.5) is 0 Å². The second-order valence-electron chi connectivity index (χ2n) is 4.38. The Morgan fingerprint density at radius 1 is 1.47 bits per heavy atom. The maximum Gasteiger partial charge on any atom is 0.224 e. The highest BCUT2D eigenvalue weighted by molar-refractivity contribution is 7.10. The quantitative estimate of drug-likeness (QED) is 0.839. The van der Waals surface area contributed by atoms with Gasteiger partial charge in [-0.25, -0.2) is 0 Å². The van der Waals surface area contributed by atoms with Crippen LogP contribution in [0.25, 0.3) is 0 Å². The first kappa shape index (κ1) is 21.0. The summed E-state index contributed by atoms with van der Waals surface area (Å²) in [4.78, 5) is 15.0. The van der Waals surface area contributed by atoms with Gasteiger partial charge in [0.05, 0.1) is 6.04 Å². The van der Waals surface area contributed by atoms with Gasteiger partial charge in [0.25, 0.3) is 0 Å². The number of likely N-dealkylation sites (N-methyl/N-ethyl adjacent to an activating group) is 1. The van der Waals surface area contributed by atoms with Crippen LogP contribution in [-0.4, -0.2) is 38.0 Å². The van der Waals surface area contributed by atoms with Crippen LogP contribution in [0, 0.1) is 5.92 Å². The fourth-order valence-electron chi connectivity index (χ4n) is 1.50. The Hall–Kier alpha value is -0.330. The molecule has 1 aromatic heterocycles. The fourth-order valence-corrected chi connectivity index (χ4v) is 2.42. The average Bonchev–Trinajstić information content (AvgIpc) is 2.81. The number of halogens is 2. The Labute approximate surface area is 131 Å². The maximum atomic E-state index is 11.7. The van der Waals surface area contributed by atoms with Crippen molar-refractivity contribution < 1.29 is 4.79 Å². The minimum absolute atomic E-state index is 0. The molecule has 1 heterocycles. The van der Waals surface area contributed by atoms with Gasteiger partial charge in [-0.2, -0.15) is 0 Å². The highest BCUT2D eigenvalue weighted by atomic mass is 35.5. The van der Waals surface area contributed by atoms with Crippen LogP contribution in [0.2, 0.25) is 0 Å². The second kappa shape index (κ2) is 10.5. The minimum atomic E-state index is -0.124. The first-order valence-corrected chi connectivity index (χ1v) is 6.61. The SMILES string of the molecule is CC(CN)C(=O)NCC(c1cccs1)N(C)C.Cl.Cl. The van der Waals surface area contributed by atoms with E-state index in [-0.39, 0.29) is 42.7 Å². The van der Waals surface area contributed by atoms with Gasteiger partial charge in [-0.3, -0.25) is 4.79 Å². The molecule has 3 N–H and O–H groups in total. The van der Waals surface area contributed by atoms with E-state index in [4.69, 9.17) is 5.73 Å². The molecular weight excluding hydrogens is 305 g/mol. The number of nitrogens with zero attached hydrogens (tertiary/aromatic N) is 1. The molecule has 0 aromatic carbocycles. The van der Waals surface area contributed by atoms with Crippen LogP contribution in [0.1, 0.15) is 17.8 Å². The van der Waals surface area contributed by atoms with Crippen molar-refractivity contribution in [2.75, 3.05) is 27.2 Å². The summed E-state index contributed by atoms with van der Waals surface area (Å²) in [5.41, 5.74) is 5.46. The van der Waals surface area contributed by atoms with Crippen LogP contribution >= 0.6 is 36.2 Å². The third-order valence-electron chi connectivity index (χ3n) is 2.77. The summed E-state index contributed by atoms with van der Waals surface area (Å²) in [6, 6.07) is 4.35. The molecule has 1 rings (SSSR count). The van der Waals surface area contributed by atoms with Crippen molar-refractivity contribution in [1.29, 1.82) is 0 Å². The summed E-state index contributed by atoms with van der Waals surface area (Å²) < 4.78 is 0. The number of rotatable bonds is 6. The molecule has 1 amide bonds. The third kappa shape index (κ3) is 6.58. The lowest BCUT2D eigenvalue weighted by Gasteiger charge is -2.24. The molecule has 0 aliphatic carbocycles. The van der Waals surface area contributed by atoms with Gasteiger partial charge in [0, 0.05) is 23.9 Å². The predicted molar refractivity (Wildman–Crippen MR) is 86.5 cm³/mol. The zero-order chi connectivity index (χ0) is 12.8. The topological polar surface area (TPSA) is 58.4 Å². The lowest BCUT2D eigenvalue weighted by atomic mass is 10.1. The molecule has 0 saturated heterocycles. The summed E-state index contributed by atoms with van der Waals surface area (Å²) in [5.74, 6) is -0.0999. The van der Waals surface area contributed by atoms with Gasteiger partial charge in [-0.1, -0.05) is 13.0 Å². The van der Waals surface area contributed by atoms with Crippen molar-refractivity contribution in [2.24, 2.45) is 11.7 Å². The summed E-state index contributed by atoms with van der Waals surface area (Å²) in [6.45, 7) is 2.85. The van der Waals surface area contributed by atoms with Gasteiger partial charge in [0.1, 0.15) is 0 Å². The normalized spacial score (nSPS) is 13.1. The maximum absolute atomic E-state index is 11.7. The number of nitrogens with two attached hydrogens (primary N) is 1. The molecule has 2 atom stereocenters. The number of carbonyl (C=O) groups excluding carboxylic acids is 1. The van der Waals surface area contributed by atoms with Gasteiger partial charge >= 0.3 is 0 Å². The van der Waals surface area contributed by atoms with Crippen molar-refractivity contribution in [3.8, 4) is 0 Å². The second-order valence-corrected chi connectivity index (χ2v) is 5.36. The van der Waals surface area contributed by atoms with Crippen molar-refractivity contribution in [1.82, 2.24) is 10.2 Å². The number of hydrogen-bond donors (Lipinski definition) is 2. The van der Waals surface area contributed by atoms with Crippen molar-refractivity contribution in [2.45, 2.75) is 13.0 Å². The van der Waals surface area contributed by atoms with Crippen molar-refractivity contribution in [3.63, 3.8) is 0 Å². The number of carbonyl (C=O) groups is 1. The lowest BCUT2D eigenvalue weighted by molar-refractivity contribution is -0.124. The Morgan fingerprint density at radius 3 is 2.53 bits per heavy atom. The van der Waals surface area contributed by atoms with Crippen LogP contribution in [0.3, 0.4) is 0 Å². The molecule has 7 heteroatoms. The van der Waals surface area contributed by atoms with E-state index in [1.54, 1.807) is 11.3 Å². The Bertz CT molecular complexity index is 347. The molecule has 112 valence electrons. The molecule has 0 fully saturated rings. The summed E-state index contributed by atoms with van der Waals surface area (Å²) in [7, 11) is 4.03. The van der Waals surface area contributed by atoms with Crippen molar-refractivity contribution >= 4 is 42.1 Å². The Balaban J connectivity index is 0. The van der Waals surface area contributed by atoms with E-state index in [1.165, 1.54) is 4.88 Å². The minimum Gasteiger partial charge on any atom is -0.354 e. The smallest absolute Gasteiger partial charge is 0.224 e. The molecular formula is C12H23Cl2N3OS.